The molecule has 0 bridgehead atoms. The van der Waals surface area contributed by atoms with Gasteiger partial charge in [-0.25, -0.2) is 0 Å². The van der Waals surface area contributed by atoms with Gasteiger partial charge in [-0.15, -0.1) is 0 Å². The Bertz CT molecular complexity index is 508. The maximum atomic E-state index is 11.7. The lowest BCUT2D eigenvalue weighted by molar-refractivity contribution is -0.129. The Hall–Kier alpha value is -2.29. The molecular formula is C10H11N5O. The maximum absolute atomic E-state index is 11.7. The van der Waals surface area contributed by atoms with Crippen molar-refractivity contribution < 1.29 is 4.79 Å². The molecule has 0 aliphatic carbocycles. The zero-order valence-electron chi connectivity index (χ0n) is 8.84. The van der Waals surface area contributed by atoms with Gasteiger partial charge in [0.05, 0.1) is 11.8 Å². The number of aromatic nitrogens is 2. The van der Waals surface area contributed by atoms with Crippen molar-refractivity contribution in [2.45, 2.75) is 6.54 Å². The molecule has 2 rings (SSSR count). The molecule has 6 nitrogen and oxygen atoms in total. The summed E-state index contributed by atoms with van der Waals surface area (Å²) >= 11 is 0. The number of allylic oxidation sites excluding steroid dienone is 1. The van der Waals surface area contributed by atoms with Crippen molar-refractivity contribution in [3.05, 3.63) is 17.8 Å². The van der Waals surface area contributed by atoms with Gasteiger partial charge >= 0.3 is 0 Å². The minimum Gasteiger partial charge on any atom is -0.382 e. The van der Waals surface area contributed by atoms with Gasteiger partial charge in [0.15, 0.2) is 0 Å². The van der Waals surface area contributed by atoms with Crippen LogP contribution in [0.2, 0.25) is 0 Å². The molecule has 1 aliphatic heterocycles. The van der Waals surface area contributed by atoms with Crippen molar-refractivity contribution in [2.75, 3.05) is 19.3 Å². The Kier molecular flexibility index (Phi) is 2.37. The van der Waals surface area contributed by atoms with Gasteiger partial charge in [0, 0.05) is 31.3 Å². The van der Waals surface area contributed by atoms with E-state index in [0.717, 1.165) is 11.3 Å². The molecule has 16 heavy (non-hydrogen) atoms. The SMILES string of the molecule is CN1C/C(=C\C#N)c2cc(N)nn2CC1=O. The summed E-state index contributed by atoms with van der Waals surface area (Å²) in [5.74, 6) is 0.307. The Morgan fingerprint density at radius 3 is 3.06 bits per heavy atom. The Labute approximate surface area is 92.6 Å². The fourth-order valence-corrected chi connectivity index (χ4v) is 1.69. The van der Waals surface area contributed by atoms with E-state index in [0.29, 0.717) is 12.4 Å². The molecule has 1 aliphatic rings. The summed E-state index contributed by atoms with van der Waals surface area (Å²) in [7, 11) is 1.70. The first-order valence-corrected chi connectivity index (χ1v) is 4.78. The zero-order valence-corrected chi connectivity index (χ0v) is 8.84. The molecule has 0 aromatic carbocycles. The van der Waals surface area contributed by atoms with Crippen molar-refractivity contribution in [1.29, 1.82) is 5.26 Å². The third kappa shape index (κ3) is 1.63. The van der Waals surface area contributed by atoms with Gasteiger partial charge in [-0.1, -0.05) is 0 Å². The number of fused-ring (bicyclic) bond motifs is 1. The summed E-state index contributed by atoms with van der Waals surface area (Å²) in [6.45, 7) is 0.559. The summed E-state index contributed by atoms with van der Waals surface area (Å²) < 4.78 is 1.53. The molecule has 6 heteroatoms. The standard InChI is InChI=1S/C10H11N5O/c1-14-5-7(2-3-11)8-4-9(12)13-15(8)6-10(14)16/h2,4H,5-6H2,1H3,(H2,12,13)/b7-2+. The topological polar surface area (TPSA) is 87.9 Å². The van der Waals surface area contributed by atoms with Crippen molar-refractivity contribution >= 4 is 17.3 Å². The number of rotatable bonds is 0. The molecule has 1 aromatic rings. The number of nitrogens with zero attached hydrogens (tertiary/aromatic N) is 4. The number of nitrogens with two attached hydrogens (primary N) is 1. The van der Waals surface area contributed by atoms with Gasteiger partial charge in [-0.3, -0.25) is 9.48 Å². The van der Waals surface area contributed by atoms with Crippen LogP contribution in [0.5, 0.6) is 0 Å². The number of amides is 1. The first-order valence-electron chi connectivity index (χ1n) is 4.78. The third-order valence-electron chi connectivity index (χ3n) is 2.48. The molecule has 0 spiro atoms. The molecular weight excluding hydrogens is 206 g/mol. The lowest BCUT2D eigenvalue weighted by Crippen LogP contribution is -2.28. The highest BCUT2D eigenvalue weighted by Gasteiger charge is 2.22. The van der Waals surface area contributed by atoms with Crippen LogP contribution < -0.4 is 5.73 Å². The van der Waals surface area contributed by atoms with Crippen molar-refractivity contribution in [3.63, 3.8) is 0 Å². The van der Waals surface area contributed by atoms with Crippen LogP contribution in [-0.4, -0.2) is 34.2 Å². The van der Waals surface area contributed by atoms with Gasteiger partial charge in [-0.05, 0) is 0 Å². The summed E-state index contributed by atoms with van der Waals surface area (Å²) in [4.78, 5) is 13.2. The lowest BCUT2D eigenvalue weighted by atomic mass is 10.1. The van der Waals surface area contributed by atoms with Crippen LogP contribution in [0.3, 0.4) is 0 Å². The first kappa shape index (κ1) is 10.2. The van der Waals surface area contributed by atoms with Crippen LogP contribution in [0.4, 0.5) is 5.82 Å². The van der Waals surface area contributed by atoms with E-state index in [1.165, 1.54) is 10.8 Å². The van der Waals surface area contributed by atoms with Crippen LogP contribution in [0, 0.1) is 11.3 Å². The van der Waals surface area contributed by atoms with Gasteiger partial charge in [0.2, 0.25) is 5.91 Å². The third-order valence-corrected chi connectivity index (χ3v) is 2.48. The van der Waals surface area contributed by atoms with Crippen LogP contribution in [0.1, 0.15) is 5.69 Å². The Morgan fingerprint density at radius 1 is 1.62 bits per heavy atom. The Balaban J connectivity index is 2.53. The van der Waals surface area contributed by atoms with Crippen LogP contribution in [0.15, 0.2) is 12.1 Å². The largest absolute Gasteiger partial charge is 0.382 e. The number of anilines is 1. The van der Waals surface area contributed by atoms with Crippen LogP contribution in [-0.2, 0) is 11.3 Å². The average molecular weight is 217 g/mol. The highest BCUT2D eigenvalue weighted by Crippen LogP contribution is 2.21. The number of hydrogen-bond acceptors (Lipinski definition) is 4. The second-order valence-electron chi connectivity index (χ2n) is 3.66. The average Bonchev–Trinajstić information content (AvgIpc) is 2.54. The lowest BCUT2D eigenvalue weighted by Gasteiger charge is -2.13. The van der Waals surface area contributed by atoms with Gasteiger partial charge < -0.3 is 10.6 Å². The van der Waals surface area contributed by atoms with Crippen molar-refractivity contribution in [1.82, 2.24) is 14.7 Å². The van der Waals surface area contributed by atoms with Gasteiger partial charge in [-0.2, -0.15) is 10.4 Å². The van der Waals surface area contributed by atoms with E-state index in [9.17, 15) is 4.79 Å². The highest BCUT2D eigenvalue weighted by atomic mass is 16.2. The van der Waals surface area contributed by atoms with E-state index >= 15 is 0 Å². The molecule has 1 amide bonds. The molecule has 0 atom stereocenters. The fourth-order valence-electron chi connectivity index (χ4n) is 1.69. The Morgan fingerprint density at radius 2 is 2.38 bits per heavy atom. The zero-order chi connectivity index (χ0) is 11.7. The van der Waals surface area contributed by atoms with E-state index < -0.39 is 0 Å². The van der Waals surface area contributed by atoms with Crippen molar-refractivity contribution in [2.24, 2.45) is 0 Å². The molecule has 0 fully saturated rings. The minimum atomic E-state index is -0.0503. The number of nitriles is 1. The molecule has 2 heterocycles. The number of nitrogen functional groups attached to an aromatic ring is 1. The van der Waals surface area contributed by atoms with E-state index in [1.807, 2.05) is 6.07 Å². The predicted octanol–water partition coefficient (Wildman–Crippen LogP) is -0.156. The van der Waals surface area contributed by atoms with Crippen molar-refractivity contribution in [3.8, 4) is 6.07 Å². The minimum absolute atomic E-state index is 0.0503. The van der Waals surface area contributed by atoms with Crippen LogP contribution in [0.25, 0.3) is 5.57 Å². The highest BCUT2D eigenvalue weighted by molar-refractivity contribution is 5.82. The van der Waals surface area contributed by atoms with Crippen LogP contribution >= 0.6 is 0 Å². The molecule has 1 aromatic heterocycles. The number of carbonyl (C=O) groups excluding carboxylic acids is 1. The molecule has 82 valence electrons. The summed E-state index contributed by atoms with van der Waals surface area (Å²) in [6, 6.07) is 3.65. The number of likely N-dealkylation sites (N-methyl/N-ethyl adjacent to an activating group) is 1. The molecule has 0 saturated carbocycles. The normalized spacial score (nSPS) is 18.1. The molecule has 0 radical (unpaired) electrons. The molecule has 0 unspecified atom stereocenters. The molecule has 2 N–H and O–H groups in total. The van der Waals surface area contributed by atoms with Gasteiger partial charge in [0.1, 0.15) is 12.4 Å². The van der Waals surface area contributed by atoms with Gasteiger partial charge in [0.25, 0.3) is 0 Å². The summed E-state index contributed by atoms with van der Waals surface area (Å²) in [6.07, 6.45) is 1.42. The quantitative estimate of drug-likeness (QED) is 0.612. The first-order chi connectivity index (χ1) is 7.61. The molecule has 0 saturated heterocycles. The van der Waals surface area contributed by atoms with E-state index in [1.54, 1.807) is 18.0 Å². The monoisotopic (exact) mass is 217 g/mol. The fraction of sp³-hybridized carbons (Fsp3) is 0.300. The second-order valence-corrected chi connectivity index (χ2v) is 3.66. The van der Waals surface area contributed by atoms with E-state index in [4.69, 9.17) is 11.0 Å². The summed E-state index contributed by atoms with van der Waals surface area (Å²) in [5, 5.41) is 12.7. The smallest absolute Gasteiger partial charge is 0.244 e. The van der Waals surface area contributed by atoms with E-state index in [2.05, 4.69) is 5.10 Å². The number of carbonyl (C=O) groups is 1. The van der Waals surface area contributed by atoms with E-state index in [-0.39, 0.29) is 12.5 Å². The maximum Gasteiger partial charge on any atom is 0.244 e. The number of hydrogen-bond donors (Lipinski definition) is 1. The summed E-state index contributed by atoms with van der Waals surface area (Å²) in [5.41, 5.74) is 7.06. The second kappa shape index (κ2) is 3.70. The predicted molar refractivity (Wildman–Crippen MR) is 57.9 cm³/mol.